The van der Waals surface area contributed by atoms with Gasteiger partial charge in [0.15, 0.2) is 0 Å². The summed E-state index contributed by atoms with van der Waals surface area (Å²) in [4.78, 5) is 3.84. The molecule has 0 atom stereocenters. The normalized spacial score (nSPS) is 12.6. The van der Waals surface area contributed by atoms with Crippen LogP contribution in [0.5, 0.6) is 0 Å². The molecule has 0 bridgehead atoms. The molecule has 1 nitrogen and oxygen atoms in total. The van der Waals surface area contributed by atoms with Crippen LogP contribution in [0.2, 0.25) is 0 Å². The van der Waals surface area contributed by atoms with E-state index in [1.54, 1.807) is 17.8 Å². The van der Waals surface area contributed by atoms with Gasteiger partial charge in [-0.3, -0.25) is 4.99 Å². The molecular weight excluding hydrogens is 202 g/mol. The molecule has 86 valence electrons. The minimum atomic E-state index is 0.468. The number of hydrogen-bond acceptors (Lipinski definition) is 2. The monoisotopic (exact) mass is 225 g/mol. The summed E-state index contributed by atoms with van der Waals surface area (Å²) in [6, 6.07) is 0. The number of hydrogen-bond donors (Lipinski definition) is 0. The van der Waals surface area contributed by atoms with E-state index >= 15 is 0 Å². The van der Waals surface area contributed by atoms with Crippen LogP contribution in [0.4, 0.5) is 0 Å². The number of nitrogens with zero attached hydrogens (tertiary/aromatic N) is 1. The van der Waals surface area contributed by atoms with Gasteiger partial charge in [0.2, 0.25) is 0 Å². The van der Waals surface area contributed by atoms with Crippen molar-refractivity contribution in [2.24, 2.45) is 10.4 Å². The number of thioether (sulfide) groups is 1. The number of rotatable bonds is 7. The average molecular weight is 225 g/mol. The van der Waals surface area contributed by atoms with E-state index < -0.39 is 0 Å². The van der Waals surface area contributed by atoms with Gasteiger partial charge in [0, 0.05) is 0 Å². The maximum atomic E-state index is 3.84. The largest absolute Gasteiger partial charge is 0.264 e. The summed E-state index contributed by atoms with van der Waals surface area (Å²) in [5.74, 6) is 1.16. The minimum absolute atomic E-state index is 0.468. The average Bonchev–Trinajstić information content (AvgIpc) is 2.15. The summed E-state index contributed by atoms with van der Waals surface area (Å²) in [7, 11) is 0. The smallest absolute Gasteiger partial charge is 0.0679 e. The van der Waals surface area contributed by atoms with E-state index in [1.807, 2.05) is 5.41 Å². The zero-order valence-corrected chi connectivity index (χ0v) is 11.1. The summed E-state index contributed by atoms with van der Waals surface area (Å²) in [5, 5.41) is 2.02. The second-order valence-corrected chi connectivity index (χ2v) is 5.77. The summed E-state index contributed by atoms with van der Waals surface area (Å²) >= 11 is 1.79. The van der Waals surface area contributed by atoms with Crippen molar-refractivity contribution >= 4 is 18.5 Å². The Labute approximate surface area is 98.8 Å². The minimum Gasteiger partial charge on any atom is -0.264 e. The maximum Gasteiger partial charge on any atom is 0.0679 e. The van der Waals surface area contributed by atoms with Gasteiger partial charge in [0.25, 0.3) is 0 Å². The van der Waals surface area contributed by atoms with Gasteiger partial charge in [-0.15, -0.1) is 11.8 Å². The molecule has 0 amide bonds. The lowest BCUT2D eigenvalue weighted by molar-refractivity contribution is 0.364. The molecule has 2 heteroatoms. The number of aliphatic imine (C=N–C) groups is 1. The van der Waals surface area contributed by atoms with Gasteiger partial charge in [-0.1, -0.05) is 33.8 Å². The van der Waals surface area contributed by atoms with E-state index in [4.69, 9.17) is 0 Å². The highest BCUT2D eigenvalue weighted by Crippen LogP contribution is 2.22. The van der Waals surface area contributed by atoms with Crippen molar-refractivity contribution in [3.8, 4) is 0 Å². The molecule has 15 heavy (non-hydrogen) atoms. The third-order valence-corrected chi connectivity index (χ3v) is 2.97. The Bertz CT molecular complexity index is 213. The molecule has 0 aromatic heterocycles. The first-order chi connectivity index (χ1) is 6.99. The van der Waals surface area contributed by atoms with Crippen molar-refractivity contribution in [3.63, 3.8) is 0 Å². The fraction of sp³-hybridized carbons (Fsp3) is 0.615. The molecule has 0 saturated carbocycles. The molecule has 0 unspecified atom stereocenters. The van der Waals surface area contributed by atoms with Gasteiger partial charge >= 0.3 is 0 Å². The third-order valence-electron chi connectivity index (χ3n) is 2.03. The van der Waals surface area contributed by atoms with Crippen molar-refractivity contribution in [3.05, 3.63) is 23.8 Å². The molecule has 0 fully saturated rings. The van der Waals surface area contributed by atoms with Gasteiger partial charge in [-0.2, -0.15) is 0 Å². The molecule has 0 heterocycles. The molecule has 0 aromatic carbocycles. The Balaban J connectivity index is 3.51. The fourth-order valence-corrected chi connectivity index (χ4v) is 1.97. The Morgan fingerprint density at radius 3 is 2.47 bits per heavy atom. The highest BCUT2D eigenvalue weighted by atomic mass is 32.2. The first-order valence-corrected chi connectivity index (χ1v) is 6.45. The predicted molar refractivity (Wildman–Crippen MR) is 73.6 cm³/mol. The van der Waals surface area contributed by atoms with E-state index in [-0.39, 0.29) is 0 Å². The van der Waals surface area contributed by atoms with E-state index in [0.29, 0.717) is 5.41 Å². The Kier molecular flexibility index (Phi) is 7.49. The quantitative estimate of drug-likeness (QED) is 0.348. The van der Waals surface area contributed by atoms with Gasteiger partial charge in [0.05, 0.1) is 5.70 Å². The molecule has 0 rings (SSSR count). The van der Waals surface area contributed by atoms with Crippen LogP contribution in [0.25, 0.3) is 0 Å². The van der Waals surface area contributed by atoms with Crippen LogP contribution in [0.3, 0.4) is 0 Å². The highest BCUT2D eigenvalue weighted by molar-refractivity contribution is 8.02. The molecule has 0 N–H and O–H groups in total. The van der Waals surface area contributed by atoms with Crippen LogP contribution in [-0.4, -0.2) is 12.5 Å². The van der Waals surface area contributed by atoms with Crippen LogP contribution in [0.1, 0.15) is 40.0 Å². The van der Waals surface area contributed by atoms with Crippen LogP contribution in [0.15, 0.2) is 28.8 Å². The first-order valence-electron chi connectivity index (χ1n) is 5.40. The Hall–Kier alpha value is -0.500. The third kappa shape index (κ3) is 9.80. The number of unbranched alkanes of at least 4 members (excludes halogenated alkanes) is 1. The SMILES string of the molecule is C=C/C(=C/SCCCCC(C)(C)C)N=C. The van der Waals surface area contributed by atoms with Gasteiger partial charge in [0.1, 0.15) is 0 Å². The first kappa shape index (κ1) is 14.5. The zero-order chi connectivity index (χ0) is 11.7. The summed E-state index contributed by atoms with van der Waals surface area (Å²) in [6.07, 6.45) is 5.59. The molecule has 0 aliphatic carbocycles. The molecule has 0 aliphatic rings. The fourth-order valence-electron chi connectivity index (χ4n) is 1.13. The van der Waals surface area contributed by atoms with Crippen molar-refractivity contribution in [1.29, 1.82) is 0 Å². The van der Waals surface area contributed by atoms with Crippen LogP contribution in [0, 0.1) is 5.41 Å². The van der Waals surface area contributed by atoms with E-state index in [1.165, 1.54) is 19.3 Å². The molecule has 0 aromatic rings. The predicted octanol–water partition coefficient (Wildman–Crippen LogP) is 4.66. The van der Waals surface area contributed by atoms with Crippen LogP contribution >= 0.6 is 11.8 Å². The van der Waals surface area contributed by atoms with Crippen LogP contribution in [-0.2, 0) is 0 Å². The van der Waals surface area contributed by atoms with Crippen molar-refractivity contribution < 1.29 is 0 Å². The second kappa shape index (κ2) is 7.75. The maximum absolute atomic E-state index is 3.84. The van der Waals surface area contributed by atoms with Gasteiger partial charge in [-0.05, 0) is 42.2 Å². The summed E-state index contributed by atoms with van der Waals surface area (Å²) in [6.45, 7) is 14.0. The van der Waals surface area contributed by atoms with Crippen molar-refractivity contribution in [2.75, 3.05) is 5.75 Å². The lowest BCUT2D eigenvalue weighted by Crippen LogP contribution is -2.04. The lowest BCUT2D eigenvalue weighted by Gasteiger charge is -2.17. The lowest BCUT2D eigenvalue weighted by atomic mass is 9.90. The van der Waals surface area contributed by atoms with E-state index in [0.717, 1.165) is 11.4 Å². The molecule has 0 radical (unpaired) electrons. The van der Waals surface area contributed by atoms with Crippen molar-refractivity contribution in [1.82, 2.24) is 0 Å². The molecular formula is C13H23NS. The second-order valence-electron chi connectivity index (χ2n) is 4.79. The van der Waals surface area contributed by atoms with Gasteiger partial charge in [-0.25, -0.2) is 0 Å². The highest BCUT2D eigenvalue weighted by Gasteiger charge is 2.08. The zero-order valence-electron chi connectivity index (χ0n) is 10.3. The van der Waals surface area contributed by atoms with Crippen LogP contribution < -0.4 is 0 Å². The summed E-state index contributed by atoms with van der Waals surface area (Å²) < 4.78 is 0. The summed E-state index contributed by atoms with van der Waals surface area (Å²) in [5.41, 5.74) is 1.34. The molecule has 0 aliphatic heterocycles. The van der Waals surface area contributed by atoms with E-state index in [2.05, 4.69) is 39.1 Å². The molecule has 0 spiro atoms. The van der Waals surface area contributed by atoms with E-state index in [9.17, 15) is 0 Å². The molecule has 0 saturated heterocycles. The van der Waals surface area contributed by atoms with Gasteiger partial charge < -0.3 is 0 Å². The van der Waals surface area contributed by atoms with Crippen molar-refractivity contribution in [2.45, 2.75) is 40.0 Å². The Morgan fingerprint density at radius 1 is 1.33 bits per heavy atom. The topological polar surface area (TPSA) is 12.4 Å². The Morgan fingerprint density at radius 2 is 2.00 bits per heavy atom. The number of allylic oxidation sites excluding steroid dienone is 1. The standard InChI is InChI=1S/C13H23NS/c1-6-12(14-5)11-15-10-8-7-9-13(2,3)4/h6,11H,1,5,7-10H2,2-4H3/b12-11-.